The summed E-state index contributed by atoms with van der Waals surface area (Å²) in [6.07, 6.45) is 8.30. The van der Waals surface area contributed by atoms with Gasteiger partial charge in [-0.2, -0.15) is 5.10 Å². The number of aromatic amines is 1. The van der Waals surface area contributed by atoms with Crippen molar-refractivity contribution >= 4 is 16.8 Å². The normalized spacial score (nSPS) is 14.1. The number of nitrogens with zero attached hydrogens (tertiary/aromatic N) is 4. The molecular formula is C27H31N5O2. The topological polar surface area (TPSA) is 66.4 Å². The maximum Gasteiger partial charge on any atom is 0.256 e. The molecule has 0 radical (unpaired) electrons. The van der Waals surface area contributed by atoms with Gasteiger partial charge in [-0.25, -0.2) is 0 Å². The maximum atomic E-state index is 13.6. The van der Waals surface area contributed by atoms with Crippen LogP contribution in [0.4, 0.5) is 0 Å². The van der Waals surface area contributed by atoms with Crippen LogP contribution < -0.4 is 4.74 Å². The number of fused-ring (bicyclic) bond motifs is 1. The molecule has 7 nitrogen and oxygen atoms in total. The second-order valence-electron chi connectivity index (χ2n) is 9.02. The third-order valence-corrected chi connectivity index (χ3v) is 6.70. The molecule has 7 heteroatoms. The molecule has 4 aromatic rings. The summed E-state index contributed by atoms with van der Waals surface area (Å²) in [5.74, 6) is 0.812. The van der Waals surface area contributed by atoms with Gasteiger partial charge in [-0.15, -0.1) is 0 Å². The summed E-state index contributed by atoms with van der Waals surface area (Å²) in [7, 11) is 3.51. The summed E-state index contributed by atoms with van der Waals surface area (Å²) in [6, 6.07) is 14.2. The van der Waals surface area contributed by atoms with Crippen LogP contribution in [0.25, 0.3) is 22.0 Å². The Bertz CT molecular complexity index is 1270. The Kier molecular flexibility index (Phi) is 6.36. The highest BCUT2D eigenvalue weighted by Crippen LogP contribution is 2.29. The molecule has 1 saturated heterocycles. The first kappa shape index (κ1) is 22.2. The van der Waals surface area contributed by atoms with E-state index in [9.17, 15) is 4.79 Å². The number of hydrogen-bond acceptors (Lipinski definition) is 4. The van der Waals surface area contributed by atoms with Gasteiger partial charge in [0.2, 0.25) is 0 Å². The van der Waals surface area contributed by atoms with Gasteiger partial charge in [-0.05, 0) is 55.3 Å². The minimum Gasteiger partial charge on any atom is -0.497 e. The van der Waals surface area contributed by atoms with E-state index in [1.165, 1.54) is 12.8 Å². The predicted octanol–water partition coefficient (Wildman–Crippen LogP) is 4.41. The van der Waals surface area contributed by atoms with Crippen LogP contribution in [-0.2, 0) is 13.1 Å². The molecular weight excluding hydrogens is 426 g/mol. The zero-order valence-electron chi connectivity index (χ0n) is 19.8. The summed E-state index contributed by atoms with van der Waals surface area (Å²) in [5, 5.41) is 7.96. The van der Waals surface area contributed by atoms with Crippen molar-refractivity contribution in [1.82, 2.24) is 24.6 Å². The van der Waals surface area contributed by atoms with Crippen LogP contribution in [0.2, 0.25) is 0 Å². The molecule has 5 rings (SSSR count). The molecule has 3 heterocycles. The van der Waals surface area contributed by atoms with Crippen molar-refractivity contribution in [2.45, 2.75) is 25.9 Å². The van der Waals surface area contributed by atoms with E-state index in [1.807, 2.05) is 49.9 Å². The molecule has 1 N–H and O–H groups in total. The first-order valence-corrected chi connectivity index (χ1v) is 11.8. The van der Waals surface area contributed by atoms with Gasteiger partial charge in [0.1, 0.15) is 5.75 Å². The standard InChI is InChI=1S/C27H31N5O2/c1-30(18-20-6-5-7-23(14-20)34-2)27(33)25-19-32(13-12-31-10-3-4-11-31)26-15-21(8-9-24(25)26)22-16-28-29-17-22/h5-9,14-17,19H,3-4,10-13,18H2,1-2H3,(H,28,29). The quantitative estimate of drug-likeness (QED) is 0.426. The van der Waals surface area contributed by atoms with Crippen molar-refractivity contribution in [2.75, 3.05) is 33.8 Å². The minimum absolute atomic E-state index is 0.0174. The van der Waals surface area contributed by atoms with Crippen LogP contribution in [0.5, 0.6) is 5.75 Å². The Balaban J connectivity index is 1.45. The molecule has 1 amide bonds. The fourth-order valence-electron chi connectivity index (χ4n) is 4.81. The van der Waals surface area contributed by atoms with Gasteiger partial charge in [0, 0.05) is 55.5 Å². The molecule has 1 fully saturated rings. The van der Waals surface area contributed by atoms with E-state index in [4.69, 9.17) is 4.74 Å². The molecule has 2 aromatic heterocycles. The van der Waals surface area contributed by atoms with Crippen molar-refractivity contribution in [3.8, 4) is 16.9 Å². The molecule has 0 saturated carbocycles. The van der Waals surface area contributed by atoms with Crippen LogP contribution in [0.3, 0.4) is 0 Å². The van der Waals surface area contributed by atoms with Crippen molar-refractivity contribution in [3.63, 3.8) is 0 Å². The number of methoxy groups -OCH3 is 1. The van der Waals surface area contributed by atoms with E-state index < -0.39 is 0 Å². The maximum absolute atomic E-state index is 13.6. The highest BCUT2D eigenvalue weighted by atomic mass is 16.5. The molecule has 0 aliphatic carbocycles. The Morgan fingerprint density at radius 3 is 2.74 bits per heavy atom. The Hall–Kier alpha value is -3.58. The summed E-state index contributed by atoms with van der Waals surface area (Å²) >= 11 is 0. The first-order valence-electron chi connectivity index (χ1n) is 11.8. The van der Waals surface area contributed by atoms with Crippen LogP contribution in [-0.4, -0.2) is 64.3 Å². The lowest BCUT2D eigenvalue weighted by Gasteiger charge is -2.17. The van der Waals surface area contributed by atoms with Gasteiger partial charge in [0.15, 0.2) is 0 Å². The molecule has 0 spiro atoms. The van der Waals surface area contributed by atoms with Gasteiger partial charge in [0.25, 0.3) is 5.91 Å². The van der Waals surface area contributed by atoms with E-state index in [0.29, 0.717) is 6.54 Å². The van der Waals surface area contributed by atoms with E-state index in [1.54, 1.807) is 12.0 Å². The summed E-state index contributed by atoms with van der Waals surface area (Å²) in [4.78, 5) is 17.8. The summed E-state index contributed by atoms with van der Waals surface area (Å²) in [6.45, 7) is 4.69. The number of ether oxygens (including phenoxy) is 1. The van der Waals surface area contributed by atoms with Crippen molar-refractivity contribution < 1.29 is 9.53 Å². The zero-order chi connectivity index (χ0) is 23.5. The number of H-pyrrole nitrogens is 1. The number of nitrogens with one attached hydrogen (secondary N) is 1. The number of amides is 1. The van der Waals surface area contributed by atoms with Crippen LogP contribution in [0.1, 0.15) is 28.8 Å². The van der Waals surface area contributed by atoms with Gasteiger partial charge in [-0.1, -0.05) is 24.3 Å². The molecule has 0 unspecified atom stereocenters. The van der Waals surface area contributed by atoms with E-state index >= 15 is 0 Å². The predicted molar refractivity (Wildman–Crippen MR) is 134 cm³/mol. The number of carbonyl (C=O) groups excluding carboxylic acids is 1. The molecule has 2 aromatic carbocycles. The third-order valence-electron chi connectivity index (χ3n) is 6.70. The monoisotopic (exact) mass is 457 g/mol. The van der Waals surface area contributed by atoms with Crippen molar-refractivity contribution in [2.24, 2.45) is 0 Å². The molecule has 176 valence electrons. The lowest BCUT2D eigenvalue weighted by Crippen LogP contribution is -2.26. The summed E-state index contributed by atoms with van der Waals surface area (Å²) in [5.41, 5.74) is 4.98. The molecule has 1 aliphatic heterocycles. The smallest absolute Gasteiger partial charge is 0.256 e. The third kappa shape index (κ3) is 4.56. The molecule has 1 aliphatic rings. The first-order chi connectivity index (χ1) is 16.6. The molecule has 0 bridgehead atoms. The second-order valence-corrected chi connectivity index (χ2v) is 9.02. The van der Waals surface area contributed by atoms with Gasteiger partial charge >= 0.3 is 0 Å². The largest absolute Gasteiger partial charge is 0.497 e. The second kappa shape index (κ2) is 9.73. The average Bonchev–Trinajstić information content (AvgIpc) is 3.63. The number of aromatic nitrogens is 3. The molecule has 34 heavy (non-hydrogen) atoms. The average molecular weight is 458 g/mol. The minimum atomic E-state index is 0.0174. The lowest BCUT2D eigenvalue weighted by atomic mass is 10.1. The Morgan fingerprint density at radius 2 is 1.97 bits per heavy atom. The van der Waals surface area contributed by atoms with Crippen LogP contribution in [0.15, 0.2) is 61.1 Å². The van der Waals surface area contributed by atoms with Crippen molar-refractivity contribution in [1.29, 1.82) is 0 Å². The van der Waals surface area contributed by atoms with E-state index in [2.05, 4.69) is 37.9 Å². The number of benzene rings is 2. The Labute approximate surface area is 199 Å². The highest BCUT2D eigenvalue weighted by molar-refractivity contribution is 6.07. The van der Waals surface area contributed by atoms with Gasteiger partial charge in [-0.3, -0.25) is 9.89 Å². The highest BCUT2D eigenvalue weighted by Gasteiger charge is 2.20. The number of hydrogen-bond donors (Lipinski definition) is 1. The lowest BCUT2D eigenvalue weighted by molar-refractivity contribution is 0.0786. The molecule has 0 atom stereocenters. The Morgan fingerprint density at radius 1 is 1.12 bits per heavy atom. The van der Waals surface area contributed by atoms with Gasteiger partial charge < -0.3 is 19.1 Å². The van der Waals surface area contributed by atoms with Gasteiger partial charge in [0.05, 0.1) is 18.9 Å². The fraction of sp³-hybridized carbons (Fsp3) is 0.333. The fourth-order valence-corrected chi connectivity index (χ4v) is 4.81. The van der Waals surface area contributed by atoms with E-state index in [0.717, 1.165) is 65.1 Å². The zero-order valence-corrected chi connectivity index (χ0v) is 19.8. The number of rotatable bonds is 8. The van der Waals surface area contributed by atoms with Crippen molar-refractivity contribution in [3.05, 3.63) is 72.2 Å². The number of likely N-dealkylation sites (tertiary alicyclic amines) is 1. The van der Waals surface area contributed by atoms with Crippen LogP contribution in [0, 0.1) is 0 Å². The SMILES string of the molecule is COc1cccc(CN(C)C(=O)c2cn(CCN3CCCC3)c3cc(-c4cn[nH]c4)ccc23)c1. The van der Waals surface area contributed by atoms with E-state index in [-0.39, 0.29) is 5.91 Å². The summed E-state index contributed by atoms with van der Waals surface area (Å²) < 4.78 is 7.58. The van der Waals surface area contributed by atoms with Crippen LogP contribution >= 0.6 is 0 Å². The number of carbonyl (C=O) groups is 1.